The molecule has 0 bridgehead atoms. The average molecular weight is 250 g/mol. The predicted molar refractivity (Wildman–Crippen MR) is 64.1 cm³/mol. The third-order valence-electron chi connectivity index (χ3n) is 2.81. The number of hydrogen-bond acceptors (Lipinski definition) is 4. The van der Waals surface area contributed by atoms with E-state index in [0.29, 0.717) is 23.4 Å². The van der Waals surface area contributed by atoms with E-state index in [2.05, 4.69) is 27.5 Å². The van der Waals surface area contributed by atoms with Crippen molar-refractivity contribution in [3.05, 3.63) is 29.6 Å². The summed E-state index contributed by atoms with van der Waals surface area (Å²) in [5, 5.41) is 23.4. The average Bonchev–Trinajstić information content (AvgIpc) is 2.89. The Balaban J connectivity index is 2.35. The van der Waals surface area contributed by atoms with Crippen LogP contribution in [0.3, 0.4) is 0 Å². The zero-order valence-corrected chi connectivity index (χ0v) is 10.1. The predicted octanol–water partition coefficient (Wildman–Crippen LogP) is 2.23. The number of nitrogens with zero attached hydrogens (tertiary/aromatic N) is 3. The number of nitrogens with one attached hydrogen (secondary N) is 1. The molecule has 2 rings (SSSR count). The number of unbranched alkanes of at least 4 members (excludes halogenated alkanes) is 1. The minimum atomic E-state index is -0.634. The minimum absolute atomic E-state index is 0.361. The first-order valence-corrected chi connectivity index (χ1v) is 5.94. The maximum atomic E-state index is 13.3. The van der Waals surface area contributed by atoms with Crippen molar-refractivity contribution in [3.8, 4) is 11.4 Å². The second kappa shape index (κ2) is 5.68. The highest BCUT2D eigenvalue weighted by Crippen LogP contribution is 2.29. The molecule has 96 valence electrons. The quantitative estimate of drug-likeness (QED) is 0.853. The van der Waals surface area contributed by atoms with E-state index in [4.69, 9.17) is 0 Å². The van der Waals surface area contributed by atoms with E-state index < -0.39 is 6.10 Å². The van der Waals surface area contributed by atoms with Gasteiger partial charge in [0.05, 0.1) is 6.10 Å². The monoisotopic (exact) mass is 250 g/mol. The van der Waals surface area contributed by atoms with Gasteiger partial charge in [0.15, 0.2) is 5.82 Å². The van der Waals surface area contributed by atoms with Crippen molar-refractivity contribution in [3.63, 3.8) is 0 Å². The van der Waals surface area contributed by atoms with Crippen molar-refractivity contribution in [2.45, 2.75) is 32.3 Å². The van der Waals surface area contributed by atoms with Crippen LogP contribution >= 0.6 is 0 Å². The number of aliphatic hydroxyl groups is 1. The fraction of sp³-hybridized carbons (Fsp3) is 0.417. The van der Waals surface area contributed by atoms with Gasteiger partial charge in [0.1, 0.15) is 5.82 Å². The van der Waals surface area contributed by atoms with Crippen molar-refractivity contribution in [2.24, 2.45) is 0 Å². The number of aliphatic hydroxyl groups excluding tert-OH is 1. The first-order valence-electron chi connectivity index (χ1n) is 5.94. The molecule has 0 aliphatic heterocycles. The Hall–Kier alpha value is -1.82. The lowest BCUT2D eigenvalue weighted by atomic mass is 9.98. The summed E-state index contributed by atoms with van der Waals surface area (Å²) >= 11 is 0. The Morgan fingerprint density at radius 1 is 1.44 bits per heavy atom. The molecule has 1 heterocycles. The van der Waals surface area contributed by atoms with Crippen LogP contribution in [-0.4, -0.2) is 25.7 Å². The summed E-state index contributed by atoms with van der Waals surface area (Å²) in [4.78, 5) is 0. The topological polar surface area (TPSA) is 74.7 Å². The molecule has 0 amide bonds. The standard InChI is InChI=1S/C12H15FN4O/c1-2-3-4-11(18)9-6-5-8(13)7-10(9)12-14-16-17-15-12/h5-7,11,18H,2-4H2,1H3,(H,14,15,16,17)/t11-/m1/s1. The number of tetrazole rings is 1. The first kappa shape index (κ1) is 12.6. The summed E-state index contributed by atoms with van der Waals surface area (Å²) in [6, 6.07) is 4.23. The molecule has 0 radical (unpaired) electrons. The largest absolute Gasteiger partial charge is 0.388 e. The fourth-order valence-electron chi connectivity index (χ4n) is 1.85. The Morgan fingerprint density at radius 3 is 2.94 bits per heavy atom. The van der Waals surface area contributed by atoms with Crippen LogP contribution in [0, 0.1) is 5.82 Å². The third kappa shape index (κ3) is 2.70. The van der Waals surface area contributed by atoms with Gasteiger partial charge < -0.3 is 5.11 Å². The fourth-order valence-corrected chi connectivity index (χ4v) is 1.85. The summed E-state index contributed by atoms with van der Waals surface area (Å²) in [6.07, 6.45) is 1.91. The van der Waals surface area contributed by atoms with E-state index in [0.717, 1.165) is 12.8 Å². The SMILES string of the molecule is CCCC[C@@H](O)c1ccc(F)cc1-c1nnn[nH]1. The molecule has 0 aliphatic carbocycles. The van der Waals surface area contributed by atoms with E-state index in [1.807, 2.05) is 0 Å². The number of aromatic nitrogens is 4. The number of aromatic amines is 1. The molecule has 2 N–H and O–H groups in total. The smallest absolute Gasteiger partial charge is 0.179 e. The van der Waals surface area contributed by atoms with Crippen LogP contribution in [0.15, 0.2) is 18.2 Å². The van der Waals surface area contributed by atoms with Gasteiger partial charge in [0, 0.05) is 5.56 Å². The maximum Gasteiger partial charge on any atom is 0.179 e. The number of H-pyrrole nitrogens is 1. The van der Waals surface area contributed by atoms with Crippen LogP contribution in [-0.2, 0) is 0 Å². The normalized spacial score (nSPS) is 12.6. The van der Waals surface area contributed by atoms with E-state index in [1.165, 1.54) is 12.1 Å². The number of benzene rings is 1. The molecule has 1 aromatic carbocycles. The number of hydrogen-bond donors (Lipinski definition) is 2. The van der Waals surface area contributed by atoms with Crippen LogP contribution in [0.4, 0.5) is 4.39 Å². The van der Waals surface area contributed by atoms with Crippen LogP contribution in [0.5, 0.6) is 0 Å². The van der Waals surface area contributed by atoms with Crippen molar-refractivity contribution < 1.29 is 9.50 Å². The summed E-state index contributed by atoms with van der Waals surface area (Å²) in [7, 11) is 0. The highest BCUT2D eigenvalue weighted by Gasteiger charge is 2.16. The summed E-state index contributed by atoms with van der Waals surface area (Å²) in [5.41, 5.74) is 1.15. The van der Waals surface area contributed by atoms with Gasteiger partial charge >= 0.3 is 0 Å². The van der Waals surface area contributed by atoms with E-state index >= 15 is 0 Å². The molecule has 0 unspecified atom stereocenters. The van der Waals surface area contributed by atoms with Crippen LogP contribution in [0.2, 0.25) is 0 Å². The van der Waals surface area contributed by atoms with Crippen molar-refractivity contribution in [1.82, 2.24) is 20.6 Å². The molecule has 5 nitrogen and oxygen atoms in total. The van der Waals surface area contributed by atoms with Gasteiger partial charge in [-0.3, -0.25) is 0 Å². The van der Waals surface area contributed by atoms with Gasteiger partial charge in [0.2, 0.25) is 0 Å². The molecule has 2 aromatic rings. The van der Waals surface area contributed by atoms with Gasteiger partial charge in [0.25, 0.3) is 0 Å². The lowest BCUT2D eigenvalue weighted by Gasteiger charge is -2.13. The molecule has 0 fully saturated rings. The van der Waals surface area contributed by atoms with Gasteiger partial charge in [-0.25, -0.2) is 9.49 Å². The summed E-state index contributed by atoms with van der Waals surface area (Å²) in [6.45, 7) is 2.05. The second-order valence-electron chi connectivity index (χ2n) is 4.14. The zero-order chi connectivity index (χ0) is 13.0. The Kier molecular flexibility index (Phi) is 3.99. The molecule has 0 aliphatic rings. The zero-order valence-electron chi connectivity index (χ0n) is 10.1. The van der Waals surface area contributed by atoms with Crippen molar-refractivity contribution >= 4 is 0 Å². The highest BCUT2D eigenvalue weighted by molar-refractivity contribution is 5.60. The lowest BCUT2D eigenvalue weighted by Crippen LogP contribution is -2.01. The van der Waals surface area contributed by atoms with E-state index in [-0.39, 0.29) is 5.82 Å². The minimum Gasteiger partial charge on any atom is -0.388 e. The summed E-state index contributed by atoms with van der Waals surface area (Å²) in [5.74, 6) is -0.0205. The number of rotatable bonds is 5. The van der Waals surface area contributed by atoms with Crippen LogP contribution in [0.1, 0.15) is 37.9 Å². The first-order chi connectivity index (χ1) is 8.72. The Morgan fingerprint density at radius 2 is 2.28 bits per heavy atom. The molecule has 18 heavy (non-hydrogen) atoms. The maximum absolute atomic E-state index is 13.3. The van der Waals surface area contributed by atoms with Gasteiger partial charge in [-0.2, -0.15) is 0 Å². The van der Waals surface area contributed by atoms with Crippen LogP contribution in [0.25, 0.3) is 11.4 Å². The van der Waals surface area contributed by atoms with Gasteiger partial charge in [-0.05, 0) is 34.5 Å². The van der Waals surface area contributed by atoms with Crippen molar-refractivity contribution in [2.75, 3.05) is 0 Å². The Labute approximate surface area is 104 Å². The lowest BCUT2D eigenvalue weighted by molar-refractivity contribution is 0.164. The number of halogens is 1. The second-order valence-corrected chi connectivity index (χ2v) is 4.14. The van der Waals surface area contributed by atoms with Crippen LogP contribution < -0.4 is 0 Å². The molecule has 0 saturated heterocycles. The van der Waals surface area contributed by atoms with Gasteiger partial charge in [-0.1, -0.05) is 25.8 Å². The molecule has 6 heteroatoms. The third-order valence-corrected chi connectivity index (χ3v) is 2.81. The van der Waals surface area contributed by atoms with Gasteiger partial charge in [-0.15, -0.1) is 5.10 Å². The summed E-state index contributed by atoms with van der Waals surface area (Å²) < 4.78 is 13.3. The molecular weight excluding hydrogens is 235 g/mol. The van der Waals surface area contributed by atoms with E-state index in [9.17, 15) is 9.50 Å². The highest BCUT2D eigenvalue weighted by atomic mass is 19.1. The van der Waals surface area contributed by atoms with Crippen molar-refractivity contribution in [1.29, 1.82) is 0 Å². The molecule has 0 saturated carbocycles. The van der Waals surface area contributed by atoms with E-state index in [1.54, 1.807) is 6.07 Å². The Bertz CT molecular complexity index is 501. The molecule has 0 spiro atoms. The molecule has 1 atom stereocenters. The molecular formula is C12H15FN4O. The molecule has 1 aromatic heterocycles.